The van der Waals surface area contributed by atoms with E-state index < -0.39 is 0 Å². The van der Waals surface area contributed by atoms with Gasteiger partial charge in [0.05, 0.1) is 13.2 Å². The highest BCUT2D eigenvalue weighted by Crippen LogP contribution is 2.21. The minimum absolute atomic E-state index is 0.495. The fourth-order valence-electron chi connectivity index (χ4n) is 2.89. The Morgan fingerprint density at radius 3 is 2.50 bits per heavy atom. The molecule has 1 saturated heterocycles. The summed E-state index contributed by atoms with van der Waals surface area (Å²) in [6.45, 7) is 3.63. The second kappa shape index (κ2) is 8.91. The molecule has 2 heterocycles. The molecule has 0 saturated carbocycles. The van der Waals surface area contributed by atoms with Crippen LogP contribution in [0.15, 0.2) is 60.8 Å². The van der Waals surface area contributed by atoms with Crippen LogP contribution in [0.3, 0.4) is 0 Å². The van der Waals surface area contributed by atoms with Gasteiger partial charge in [-0.2, -0.15) is 4.98 Å². The molecule has 0 atom stereocenters. The lowest BCUT2D eigenvalue weighted by Gasteiger charge is -2.27. The molecular formula is C21H21ClN4O2. The quantitative estimate of drug-likeness (QED) is 0.670. The lowest BCUT2D eigenvalue weighted by atomic mass is 10.2. The van der Waals surface area contributed by atoms with Crippen molar-refractivity contribution in [1.29, 1.82) is 0 Å². The second-order valence-corrected chi connectivity index (χ2v) is 6.84. The zero-order valence-corrected chi connectivity index (χ0v) is 16.1. The van der Waals surface area contributed by atoms with E-state index in [4.69, 9.17) is 21.1 Å². The number of aromatic nitrogens is 2. The van der Waals surface area contributed by atoms with E-state index in [-0.39, 0.29) is 0 Å². The molecular weight excluding hydrogens is 376 g/mol. The zero-order chi connectivity index (χ0) is 19.2. The van der Waals surface area contributed by atoms with Gasteiger partial charge in [-0.1, -0.05) is 23.7 Å². The van der Waals surface area contributed by atoms with E-state index in [1.165, 1.54) is 0 Å². The van der Waals surface area contributed by atoms with Gasteiger partial charge in [-0.05, 0) is 48.0 Å². The van der Waals surface area contributed by atoms with Crippen molar-refractivity contribution in [3.05, 3.63) is 71.4 Å². The number of nitrogens with zero attached hydrogens (tertiary/aromatic N) is 3. The van der Waals surface area contributed by atoms with Gasteiger partial charge in [0.15, 0.2) is 0 Å². The van der Waals surface area contributed by atoms with Gasteiger partial charge in [0.1, 0.15) is 18.2 Å². The number of nitrogens with one attached hydrogen (secondary N) is 1. The summed E-state index contributed by atoms with van der Waals surface area (Å²) in [4.78, 5) is 11.1. The van der Waals surface area contributed by atoms with E-state index in [1.807, 2.05) is 54.6 Å². The number of hydrogen-bond donors (Lipinski definition) is 1. The molecule has 1 aliphatic rings. The van der Waals surface area contributed by atoms with E-state index in [0.29, 0.717) is 12.6 Å². The summed E-state index contributed by atoms with van der Waals surface area (Å²) in [5, 5.41) is 3.96. The van der Waals surface area contributed by atoms with Crippen molar-refractivity contribution < 1.29 is 9.47 Å². The second-order valence-electron chi connectivity index (χ2n) is 6.40. The van der Waals surface area contributed by atoms with Gasteiger partial charge in [0.2, 0.25) is 5.95 Å². The van der Waals surface area contributed by atoms with Crippen molar-refractivity contribution >= 4 is 29.1 Å². The number of anilines is 3. The maximum absolute atomic E-state index is 5.90. The topological polar surface area (TPSA) is 59.5 Å². The third-order valence-electron chi connectivity index (χ3n) is 4.41. The number of halogens is 1. The molecule has 1 N–H and O–H groups in total. The smallest absolute Gasteiger partial charge is 0.229 e. The first-order chi connectivity index (χ1) is 13.8. The maximum atomic E-state index is 5.90. The van der Waals surface area contributed by atoms with Gasteiger partial charge in [-0.15, -0.1) is 0 Å². The van der Waals surface area contributed by atoms with Gasteiger partial charge in [-0.3, -0.25) is 0 Å². The van der Waals surface area contributed by atoms with Crippen molar-refractivity contribution in [2.45, 2.75) is 6.61 Å². The first-order valence-corrected chi connectivity index (χ1v) is 9.54. The van der Waals surface area contributed by atoms with E-state index in [9.17, 15) is 0 Å². The summed E-state index contributed by atoms with van der Waals surface area (Å²) >= 11 is 5.90. The summed E-state index contributed by atoms with van der Waals surface area (Å²) in [6, 6.07) is 17.3. The molecule has 2 aromatic carbocycles. The monoisotopic (exact) mass is 396 g/mol. The average molecular weight is 397 g/mol. The van der Waals surface area contributed by atoms with Crippen LogP contribution in [-0.4, -0.2) is 36.3 Å². The largest absolute Gasteiger partial charge is 0.489 e. The normalized spacial score (nSPS) is 14.0. The summed E-state index contributed by atoms with van der Waals surface area (Å²) in [5.74, 6) is 2.27. The van der Waals surface area contributed by atoms with Crippen LogP contribution in [0.1, 0.15) is 5.56 Å². The molecule has 144 valence electrons. The van der Waals surface area contributed by atoms with Crippen molar-refractivity contribution in [2.75, 3.05) is 36.5 Å². The highest BCUT2D eigenvalue weighted by Gasteiger charge is 2.13. The number of morpholine rings is 1. The van der Waals surface area contributed by atoms with Gasteiger partial charge in [0, 0.05) is 30.0 Å². The predicted molar refractivity (Wildman–Crippen MR) is 111 cm³/mol. The summed E-state index contributed by atoms with van der Waals surface area (Å²) < 4.78 is 11.2. The number of benzene rings is 2. The molecule has 0 unspecified atom stereocenters. The number of ether oxygens (including phenoxy) is 2. The van der Waals surface area contributed by atoms with Crippen LogP contribution in [0.4, 0.5) is 17.5 Å². The Hall–Kier alpha value is -2.83. The van der Waals surface area contributed by atoms with Gasteiger partial charge < -0.3 is 19.7 Å². The average Bonchev–Trinajstić information content (AvgIpc) is 2.75. The molecule has 7 heteroatoms. The standard InChI is InChI=1S/C21H21ClN4O2/c22-17-3-1-16(2-4-17)15-28-19-7-5-18(6-8-19)24-21-23-10-9-20(25-21)26-11-13-27-14-12-26/h1-10H,11-15H2,(H,23,24,25). The van der Waals surface area contributed by atoms with Crippen LogP contribution in [0.2, 0.25) is 5.02 Å². The molecule has 0 bridgehead atoms. The molecule has 0 spiro atoms. The maximum Gasteiger partial charge on any atom is 0.229 e. The molecule has 0 amide bonds. The minimum Gasteiger partial charge on any atom is -0.489 e. The molecule has 3 aromatic rings. The summed E-state index contributed by atoms with van der Waals surface area (Å²) in [6.07, 6.45) is 1.77. The first kappa shape index (κ1) is 18.5. The third kappa shape index (κ3) is 4.91. The molecule has 0 aliphatic carbocycles. The van der Waals surface area contributed by atoms with Crippen molar-refractivity contribution in [3.8, 4) is 5.75 Å². The molecule has 0 radical (unpaired) electrons. The van der Waals surface area contributed by atoms with E-state index >= 15 is 0 Å². The lowest BCUT2D eigenvalue weighted by molar-refractivity contribution is 0.122. The van der Waals surface area contributed by atoms with E-state index in [2.05, 4.69) is 20.2 Å². The Kier molecular flexibility index (Phi) is 5.89. The van der Waals surface area contributed by atoms with Gasteiger partial charge in [-0.25, -0.2) is 4.98 Å². The Balaban J connectivity index is 1.35. The minimum atomic E-state index is 0.495. The molecule has 1 aliphatic heterocycles. The van der Waals surface area contributed by atoms with Crippen LogP contribution < -0.4 is 15.0 Å². The predicted octanol–water partition coefficient (Wildman–Crippen LogP) is 4.29. The van der Waals surface area contributed by atoms with Crippen molar-refractivity contribution in [2.24, 2.45) is 0 Å². The van der Waals surface area contributed by atoms with Gasteiger partial charge >= 0.3 is 0 Å². The number of rotatable bonds is 6. The molecule has 1 fully saturated rings. The third-order valence-corrected chi connectivity index (χ3v) is 4.66. The first-order valence-electron chi connectivity index (χ1n) is 9.16. The van der Waals surface area contributed by atoms with Crippen LogP contribution in [0.25, 0.3) is 0 Å². The van der Waals surface area contributed by atoms with Crippen molar-refractivity contribution in [3.63, 3.8) is 0 Å². The lowest BCUT2D eigenvalue weighted by Crippen LogP contribution is -2.36. The Morgan fingerprint density at radius 1 is 1.00 bits per heavy atom. The Morgan fingerprint density at radius 2 is 1.75 bits per heavy atom. The molecule has 4 rings (SSSR count). The highest BCUT2D eigenvalue weighted by molar-refractivity contribution is 6.30. The number of hydrogen-bond acceptors (Lipinski definition) is 6. The fourth-order valence-corrected chi connectivity index (χ4v) is 3.01. The summed E-state index contributed by atoms with van der Waals surface area (Å²) in [5.41, 5.74) is 1.97. The zero-order valence-electron chi connectivity index (χ0n) is 15.3. The van der Waals surface area contributed by atoms with E-state index in [0.717, 1.165) is 54.1 Å². The van der Waals surface area contributed by atoms with Crippen molar-refractivity contribution in [1.82, 2.24) is 9.97 Å². The van der Waals surface area contributed by atoms with E-state index in [1.54, 1.807) is 6.20 Å². The molecule has 1 aromatic heterocycles. The molecule has 6 nitrogen and oxygen atoms in total. The summed E-state index contributed by atoms with van der Waals surface area (Å²) in [7, 11) is 0. The van der Waals surface area contributed by atoms with Crippen LogP contribution in [0.5, 0.6) is 5.75 Å². The Bertz CT molecular complexity index is 897. The Labute approximate surface area is 169 Å². The van der Waals surface area contributed by atoms with Crippen LogP contribution >= 0.6 is 11.6 Å². The highest BCUT2D eigenvalue weighted by atomic mass is 35.5. The van der Waals surface area contributed by atoms with Gasteiger partial charge in [0.25, 0.3) is 0 Å². The SMILES string of the molecule is Clc1ccc(COc2ccc(Nc3nccc(N4CCOCC4)n3)cc2)cc1. The fraction of sp³-hybridized carbons (Fsp3) is 0.238. The molecule has 28 heavy (non-hydrogen) atoms. The van der Waals surface area contributed by atoms with Crippen LogP contribution in [0, 0.1) is 0 Å². The van der Waals surface area contributed by atoms with Crippen LogP contribution in [-0.2, 0) is 11.3 Å².